The van der Waals surface area contributed by atoms with Crippen molar-refractivity contribution in [3.8, 4) is 0 Å². The molecule has 1 heterocycles. The minimum absolute atomic E-state index is 0.436. The molecule has 3 aromatic carbocycles. The predicted octanol–water partition coefficient (Wildman–Crippen LogP) is 7.87. The number of thiazole rings is 1. The van der Waals surface area contributed by atoms with E-state index in [-0.39, 0.29) is 0 Å². The molecule has 0 spiro atoms. The molecule has 0 fully saturated rings. The van der Waals surface area contributed by atoms with Gasteiger partial charge in [0, 0.05) is 18.7 Å². The molecule has 4 aromatic rings. The van der Waals surface area contributed by atoms with Crippen molar-refractivity contribution in [2.24, 2.45) is 7.05 Å². The van der Waals surface area contributed by atoms with E-state index in [4.69, 9.17) is 0 Å². The monoisotopic (exact) mass is 491 g/mol. The molecule has 3 heteroatoms. The minimum atomic E-state index is 0.436. The Morgan fingerprint density at radius 3 is 2.42 bits per heavy atom. The van der Waals surface area contributed by atoms with Gasteiger partial charge in [0.25, 0.3) is 5.01 Å². The summed E-state index contributed by atoms with van der Waals surface area (Å²) in [7, 11) is 2.17. The Bertz CT molecular complexity index is 1450. The fraction of sp³-hybridized carbons (Fsp3) is 0.242. The number of aryl methyl sites for hydroxylation is 1. The average molecular weight is 492 g/mol. The van der Waals surface area contributed by atoms with Crippen LogP contribution in [0.2, 0.25) is 0 Å². The summed E-state index contributed by atoms with van der Waals surface area (Å²) in [5.74, 6) is 0.436. The third kappa shape index (κ3) is 5.00. The Hall–Kier alpha value is -3.27. The van der Waals surface area contributed by atoms with Gasteiger partial charge in [-0.25, -0.2) is 0 Å². The molecular formula is C33H35N2S+. The number of hydrogen-bond donors (Lipinski definition) is 0. The zero-order valence-electron chi connectivity index (χ0n) is 21.7. The maximum absolute atomic E-state index is 2.45. The van der Waals surface area contributed by atoms with Gasteiger partial charge in [-0.3, -0.25) is 4.90 Å². The summed E-state index contributed by atoms with van der Waals surface area (Å²) in [5, 5.41) is 1.25. The zero-order chi connectivity index (χ0) is 25.1. The zero-order valence-corrected chi connectivity index (χ0v) is 22.6. The van der Waals surface area contributed by atoms with Crippen LogP contribution in [0.4, 0.5) is 0 Å². The van der Waals surface area contributed by atoms with Gasteiger partial charge in [-0.05, 0) is 64.5 Å². The summed E-state index contributed by atoms with van der Waals surface area (Å²) in [6.45, 7) is 9.87. The highest BCUT2D eigenvalue weighted by molar-refractivity contribution is 7.18. The first kappa shape index (κ1) is 24.4. The first-order valence-corrected chi connectivity index (χ1v) is 13.8. The standard InChI is InChI=1S/C33H35N2S/c1-5-35(6-2)23-25-16-19-26(20-17-25)28(22-33-34(4)31-13-9-10-14-32(31)36-33)21-27-18-15-24(3)29-11-7-8-12-30(27)29/h7-22,24H,5-6,23H2,1-4H3/q+1/b27-21+,28-22-. The van der Waals surface area contributed by atoms with Gasteiger partial charge >= 0.3 is 0 Å². The van der Waals surface area contributed by atoms with Crippen molar-refractivity contribution < 1.29 is 4.57 Å². The lowest BCUT2D eigenvalue weighted by Gasteiger charge is -2.20. The van der Waals surface area contributed by atoms with E-state index in [1.807, 2.05) is 11.3 Å². The molecule has 1 aromatic heterocycles. The van der Waals surface area contributed by atoms with E-state index in [1.54, 1.807) is 0 Å². The van der Waals surface area contributed by atoms with E-state index in [1.165, 1.54) is 48.6 Å². The van der Waals surface area contributed by atoms with Crippen LogP contribution in [0.1, 0.15) is 54.0 Å². The van der Waals surface area contributed by atoms with Crippen LogP contribution >= 0.6 is 11.3 Å². The van der Waals surface area contributed by atoms with Crippen molar-refractivity contribution in [1.82, 2.24) is 4.90 Å². The molecule has 0 bridgehead atoms. The molecule has 2 nitrogen and oxygen atoms in total. The molecule has 1 aliphatic carbocycles. The van der Waals surface area contributed by atoms with Crippen molar-refractivity contribution >= 4 is 38.8 Å². The normalized spacial score (nSPS) is 16.8. The Kier molecular flexibility index (Phi) is 7.31. The summed E-state index contributed by atoms with van der Waals surface area (Å²) in [5.41, 5.74) is 9.10. The van der Waals surface area contributed by atoms with E-state index >= 15 is 0 Å². The molecular weight excluding hydrogens is 456 g/mol. The van der Waals surface area contributed by atoms with Gasteiger partial charge in [0.1, 0.15) is 11.7 Å². The van der Waals surface area contributed by atoms with Crippen LogP contribution in [0.3, 0.4) is 0 Å². The van der Waals surface area contributed by atoms with Crippen LogP contribution in [0.5, 0.6) is 0 Å². The highest BCUT2D eigenvalue weighted by atomic mass is 32.1. The average Bonchev–Trinajstić information content (AvgIpc) is 3.24. The topological polar surface area (TPSA) is 7.12 Å². The minimum Gasteiger partial charge on any atom is -0.300 e. The van der Waals surface area contributed by atoms with Gasteiger partial charge in [0.05, 0.1) is 0 Å². The number of allylic oxidation sites excluding steroid dienone is 5. The maximum Gasteiger partial charge on any atom is 0.263 e. The molecule has 0 saturated carbocycles. The number of hydrogen-bond acceptors (Lipinski definition) is 2. The third-order valence-corrected chi connectivity index (χ3v) is 8.44. The van der Waals surface area contributed by atoms with Gasteiger partial charge in [-0.1, -0.05) is 105 Å². The number of para-hydroxylation sites is 1. The highest BCUT2D eigenvalue weighted by Gasteiger charge is 2.18. The largest absolute Gasteiger partial charge is 0.300 e. The highest BCUT2D eigenvalue weighted by Crippen LogP contribution is 2.35. The second-order valence-electron chi connectivity index (χ2n) is 9.56. The summed E-state index contributed by atoms with van der Waals surface area (Å²) in [6.07, 6.45) is 9.33. The maximum atomic E-state index is 2.45. The van der Waals surface area contributed by atoms with Gasteiger partial charge in [-0.15, -0.1) is 0 Å². The Morgan fingerprint density at radius 1 is 0.944 bits per heavy atom. The molecule has 0 aliphatic heterocycles. The van der Waals surface area contributed by atoms with Crippen molar-refractivity contribution in [1.29, 1.82) is 0 Å². The van der Waals surface area contributed by atoms with Gasteiger partial charge in [0.2, 0.25) is 5.52 Å². The SMILES string of the molecule is CCN(CC)Cc1ccc(C(=C\c2sc3ccccc3[n+]2C)/C=C2\C=CC(C)c3ccccc32)cc1. The quantitative estimate of drug-likeness (QED) is 0.239. The molecule has 5 rings (SSSR count). The molecule has 0 saturated heterocycles. The van der Waals surface area contributed by atoms with Crippen LogP contribution < -0.4 is 4.57 Å². The molecule has 0 N–H and O–H groups in total. The Morgan fingerprint density at radius 2 is 1.67 bits per heavy atom. The van der Waals surface area contributed by atoms with E-state index < -0.39 is 0 Å². The smallest absolute Gasteiger partial charge is 0.263 e. The van der Waals surface area contributed by atoms with Crippen molar-refractivity contribution in [3.63, 3.8) is 0 Å². The molecule has 0 radical (unpaired) electrons. The van der Waals surface area contributed by atoms with Crippen molar-refractivity contribution in [2.45, 2.75) is 33.2 Å². The molecule has 36 heavy (non-hydrogen) atoms. The number of fused-ring (bicyclic) bond motifs is 2. The third-order valence-electron chi connectivity index (χ3n) is 7.28. The molecule has 1 unspecified atom stereocenters. The lowest BCUT2D eigenvalue weighted by atomic mass is 9.85. The lowest BCUT2D eigenvalue weighted by molar-refractivity contribution is -0.642. The second-order valence-corrected chi connectivity index (χ2v) is 10.6. The Labute approximate surface area is 219 Å². The van der Waals surface area contributed by atoms with Crippen LogP contribution in [0.25, 0.3) is 27.4 Å². The number of rotatable bonds is 7. The fourth-order valence-electron chi connectivity index (χ4n) is 4.99. The summed E-state index contributed by atoms with van der Waals surface area (Å²) in [4.78, 5) is 2.45. The van der Waals surface area contributed by atoms with Gasteiger partial charge in [0.15, 0.2) is 0 Å². The molecule has 0 amide bonds. The van der Waals surface area contributed by atoms with Crippen molar-refractivity contribution in [2.75, 3.05) is 13.1 Å². The summed E-state index contributed by atoms with van der Waals surface area (Å²) >= 11 is 1.85. The molecule has 1 atom stereocenters. The van der Waals surface area contributed by atoms with E-state index in [2.05, 4.69) is 134 Å². The van der Waals surface area contributed by atoms with Crippen molar-refractivity contribution in [3.05, 3.63) is 118 Å². The van der Waals surface area contributed by atoms with Crippen LogP contribution in [-0.4, -0.2) is 18.0 Å². The molecule has 1 aliphatic rings. The van der Waals surface area contributed by atoms with Crippen LogP contribution in [0, 0.1) is 0 Å². The van der Waals surface area contributed by atoms with E-state index in [9.17, 15) is 0 Å². The van der Waals surface area contributed by atoms with Crippen LogP contribution in [0.15, 0.2) is 91.0 Å². The number of benzene rings is 3. The number of nitrogens with zero attached hydrogens (tertiary/aromatic N) is 2. The summed E-state index contributed by atoms with van der Waals surface area (Å²) in [6, 6.07) is 26.6. The van der Waals surface area contributed by atoms with E-state index in [0.29, 0.717) is 5.92 Å². The van der Waals surface area contributed by atoms with Gasteiger partial charge < -0.3 is 0 Å². The fourth-order valence-corrected chi connectivity index (χ4v) is 6.09. The predicted molar refractivity (Wildman–Crippen MR) is 156 cm³/mol. The first-order valence-electron chi connectivity index (χ1n) is 13.0. The number of aromatic nitrogens is 1. The second kappa shape index (κ2) is 10.8. The van der Waals surface area contributed by atoms with Crippen LogP contribution in [-0.2, 0) is 13.6 Å². The summed E-state index contributed by atoms with van der Waals surface area (Å²) < 4.78 is 3.62. The Balaban J connectivity index is 1.61. The lowest BCUT2D eigenvalue weighted by Crippen LogP contribution is -2.28. The first-order chi connectivity index (χ1) is 17.6. The van der Waals surface area contributed by atoms with E-state index in [0.717, 1.165) is 19.6 Å². The van der Waals surface area contributed by atoms with Gasteiger partial charge in [-0.2, -0.15) is 4.57 Å². The molecule has 182 valence electrons.